The molecule has 0 spiro atoms. The molecule has 0 aromatic heterocycles. The van der Waals surface area contributed by atoms with E-state index in [4.69, 9.17) is 0 Å². The van der Waals surface area contributed by atoms with Gasteiger partial charge in [-0.15, -0.1) is 12.6 Å². The van der Waals surface area contributed by atoms with Gasteiger partial charge in [-0.05, 0) is 28.7 Å². The second-order valence-corrected chi connectivity index (χ2v) is 5.92. The summed E-state index contributed by atoms with van der Waals surface area (Å²) in [5.74, 6) is 0.312. The normalized spacial score (nSPS) is 11.6. The molecule has 0 aliphatic carbocycles. The molecule has 0 fully saturated rings. The summed E-state index contributed by atoms with van der Waals surface area (Å²) in [4.78, 5) is 0.855. The lowest BCUT2D eigenvalue weighted by Crippen LogP contribution is -2.13. The predicted molar refractivity (Wildman–Crippen MR) is 79.5 cm³/mol. The van der Waals surface area contributed by atoms with Gasteiger partial charge in [0.15, 0.2) is 0 Å². The average Bonchev–Trinajstić information content (AvgIpc) is 2.28. The van der Waals surface area contributed by atoms with Crippen molar-refractivity contribution >= 4 is 12.6 Å². The van der Waals surface area contributed by atoms with Crippen LogP contribution in [-0.2, 0) is 5.41 Å². The topological polar surface area (TPSA) is 20.2 Å². The van der Waals surface area contributed by atoms with Crippen LogP contribution in [0, 0.1) is 0 Å². The van der Waals surface area contributed by atoms with E-state index in [-0.39, 0.29) is 5.41 Å². The maximum Gasteiger partial charge on any atom is 0.120 e. The molecule has 0 unspecified atom stereocenters. The van der Waals surface area contributed by atoms with E-state index in [1.165, 1.54) is 0 Å². The van der Waals surface area contributed by atoms with Gasteiger partial charge in [-0.1, -0.05) is 51.1 Å². The molecule has 0 aliphatic rings. The van der Waals surface area contributed by atoms with Crippen molar-refractivity contribution in [3.63, 3.8) is 0 Å². The number of phenols is 1. The van der Waals surface area contributed by atoms with Crippen molar-refractivity contribution in [3.8, 4) is 16.9 Å². The van der Waals surface area contributed by atoms with E-state index in [1.54, 1.807) is 6.07 Å². The Morgan fingerprint density at radius 1 is 0.944 bits per heavy atom. The average molecular weight is 258 g/mol. The molecule has 0 saturated heterocycles. The highest BCUT2D eigenvalue weighted by atomic mass is 32.1. The van der Waals surface area contributed by atoms with Crippen molar-refractivity contribution in [1.29, 1.82) is 0 Å². The second-order valence-electron chi connectivity index (χ2n) is 5.47. The molecule has 2 rings (SSSR count). The maximum atomic E-state index is 10.0. The largest absolute Gasteiger partial charge is 0.508 e. The van der Waals surface area contributed by atoms with Crippen LogP contribution in [0.5, 0.6) is 5.75 Å². The van der Waals surface area contributed by atoms with Crippen molar-refractivity contribution < 1.29 is 5.11 Å². The molecule has 2 aromatic rings. The fourth-order valence-corrected chi connectivity index (χ4v) is 2.82. The van der Waals surface area contributed by atoms with Gasteiger partial charge in [-0.3, -0.25) is 0 Å². The quantitative estimate of drug-likeness (QED) is 0.714. The van der Waals surface area contributed by atoms with Crippen molar-refractivity contribution in [1.82, 2.24) is 0 Å². The number of rotatable bonds is 1. The van der Waals surface area contributed by atoms with E-state index in [0.29, 0.717) is 5.75 Å². The number of hydrogen-bond donors (Lipinski definition) is 2. The molecular weight excluding hydrogens is 240 g/mol. The number of phenolic OH excluding ortho intramolecular Hbond substituents is 1. The Balaban J connectivity index is 2.66. The third-order valence-electron chi connectivity index (χ3n) is 2.99. The van der Waals surface area contributed by atoms with Crippen LogP contribution in [0.15, 0.2) is 47.4 Å². The van der Waals surface area contributed by atoms with E-state index in [0.717, 1.165) is 21.6 Å². The summed E-state index contributed by atoms with van der Waals surface area (Å²) < 4.78 is 0. The third kappa shape index (κ3) is 2.39. The monoisotopic (exact) mass is 258 g/mol. The number of hydrogen-bond acceptors (Lipinski definition) is 2. The van der Waals surface area contributed by atoms with Crippen LogP contribution in [0.1, 0.15) is 26.3 Å². The SMILES string of the molecule is CC(C)(C)c1c(O)ccc(-c2ccccc2)c1S. The summed E-state index contributed by atoms with van der Waals surface area (Å²) in [6.45, 7) is 6.24. The molecule has 94 valence electrons. The Morgan fingerprint density at radius 2 is 1.56 bits per heavy atom. The molecule has 0 atom stereocenters. The van der Waals surface area contributed by atoms with Crippen LogP contribution in [0.3, 0.4) is 0 Å². The molecular formula is C16H18OS. The molecule has 1 N–H and O–H groups in total. The second kappa shape index (κ2) is 4.69. The standard InChI is InChI=1S/C16H18OS/c1-16(2,3)14-13(17)10-9-12(15(14)18)11-7-5-4-6-8-11/h4-10,17-18H,1-3H3. The first kappa shape index (κ1) is 13.0. The highest BCUT2D eigenvalue weighted by Gasteiger charge is 2.23. The van der Waals surface area contributed by atoms with Crippen molar-refractivity contribution in [2.75, 3.05) is 0 Å². The molecule has 18 heavy (non-hydrogen) atoms. The Labute approximate surface area is 114 Å². The zero-order valence-electron chi connectivity index (χ0n) is 10.9. The highest BCUT2D eigenvalue weighted by Crippen LogP contribution is 2.40. The molecule has 1 nitrogen and oxygen atoms in total. The van der Waals surface area contributed by atoms with Crippen LogP contribution in [0.25, 0.3) is 11.1 Å². The molecule has 0 heterocycles. The Hall–Kier alpha value is -1.41. The molecule has 2 heteroatoms. The zero-order valence-corrected chi connectivity index (χ0v) is 11.8. The van der Waals surface area contributed by atoms with Gasteiger partial charge in [0.25, 0.3) is 0 Å². The first-order chi connectivity index (χ1) is 8.41. The zero-order chi connectivity index (χ0) is 13.3. The van der Waals surface area contributed by atoms with Gasteiger partial charge in [0.05, 0.1) is 0 Å². The maximum absolute atomic E-state index is 10.0. The molecule has 0 saturated carbocycles. The van der Waals surface area contributed by atoms with Crippen molar-refractivity contribution in [2.24, 2.45) is 0 Å². The Bertz CT molecular complexity index is 553. The van der Waals surface area contributed by atoms with E-state index in [1.807, 2.05) is 24.3 Å². The lowest BCUT2D eigenvalue weighted by molar-refractivity contribution is 0.442. The van der Waals surface area contributed by atoms with Crippen molar-refractivity contribution in [2.45, 2.75) is 31.1 Å². The summed E-state index contributed by atoms with van der Waals surface area (Å²) in [7, 11) is 0. The summed E-state index contributed by atoms with van der Waals surface area (Å²) >= 11 is 4.63. The fraction of sp³-hybridized carbons (Fsp3) is 0.250. The van der Waals surface area contributed by atoms with Crippen LogP contribution >= 0.6 is 12.6 Å². The summed E-state index contributed by atoms with van der Waals surface area (Å²) in [5.41, 5.74) is 2.94. The molecule has 0 aliphatic heterocycles. The first-order valence-corrected chi connectivity index (χ1v) is 6.47. The minimum Gasteiger partial charge on any atom is -0.508 e. The van der Waals surface area contributed by atoms with Crippen LogP contribution in [0.2, 0.25) is 0 Å². The van der Waals surface area contributed by atoms with Crippen LogP contribution in [0.4, 0.5) is 0 Å². The third-order valence-corrected chi connectivity index (χ3v) is 3.46. The first-order valence-electron chi connectivity index (χ1n) is 6.02. The van der Waals surface area contributed by atoms with E-state index in [2.05, 4.69) is 45.5 Å². The highest BCUT2D eigenvalue weighted by molar-refractivity contribution is 7.80. The van der Waals surface area contributed by atoms with Gasteiger partial charge in [0.1, 0.15) is 5.75 Å². The lowest BCUT2D eigenvalue weighted by Gasteiger charge is -2.24. The fourth-order valence-electron chi connectivity index (χ4n) is 2.17. The Morgan fingerprint density at radius 3 is 2.11 bits per heavy atom. The van der Waals surface area contributed by atoms with Gasteiger partial charge in [0, 0.05) is 10.5 Å². The Kier molecular flexibility index (Phi) is 3.40. The van der Waals surface area contributed by atoms with E-state index in [9.17, 15) is 5.11 Å². The van der Waals surface area contributed by atoms with E-state index < -0.39 is 0 Å². The summed E-state index contributed by atoms with van der Waals surface area (Å²) in [6.07, 6.45) is 0. The minimum atomic E-state index is -0.133. The van der Waals surface area contributed by atoms with Crippen LogP contribution < -0.4 is 0 Å². The summed E-state index contributed by atoms with van der Waals surface area (Å²) in [6, 6.07) is 13.8. The smallest absolute Gasteiger partial charge is 0.120 e. The molecule has 0 amide bonds. The number of benzene rings is 2. The molecule has 2 aromatic carbocycles. The van der Waals surface area contributed by atoms with Crippen molar-refractivity contribution in [3.05, 3.63) is 48.0 Å². The lowest BCUT2D eigenvalue weighted by atomic mass is 9.84. The van der Waals surface area contributed by atoms with Gasteiger partial charge in [-0.2, -0.15) is 0 Å². The minimum absolute atomic E-state index is 0.133. The van der Waals surface area contributed by atoms with Gasteiger partial charge in [-0.25, -0.2) is 0 Å². The van der Waals surface area contributed by atoms with E-state index >= 15 is 0 Å². The van der Waals surface area contributed by atoms with Gasteiger partial charge in [0.2, 0.25) is 0 Å². The summed E-state index contributed by atoms with van der Waals surface area (Å²) in [5, 5.41) is 10.0. The number of aromatic hydroxyl groups is 1. The predicted octanol–water partition coefficient (Wildman–Crippen LogP) is 4.65. The van der Waals surface area contributed by atoms with Crippen LogP contribution in [-0.4, -0.2) is 5.11 Å². The van der Waals surface area contributed by atoms with Gasteiger partial charge >= 0.3 is 0 Å². The molecule has 0 bridgehead atoms. The number of thiol groups is 1. The van der Waals surface area contributed by atoms with Gasteiger partial charge < -0.3 is 5.11 Å². The molecule has 0 radical (unpaired) electrons.